The van der Waals surface area contributed by atoms with Gasteiger partial charge in [0.25, 0.3) is 0 Å². The summed E-state index contributed by atoms with van der Waals surface area (Å²) in [5.41, 5.74) is 0.755. The summed E-state index contributed by atoms with van der Waals surface area (Å²) < 4.78 is 5.79. The Morgan fingerprint density at radius 2 is 1.74 bits per heavy atom. The largest absolute Gasteiger partial charge is 0.492 e. The van der Waals surface area contributed by atoms with Crippen LogP contribution in [-0.2, 0) is 4.79 Å². The summed E-state index contributed by atoms with van der Waals surface area (Å²) in [6.45, 7) is 1.91. The number of ether oxygens (including phenoxy) is 1. The van der Waals surface area contributed by atoms with Crippen molar-refractivity contribution < 1.29 is 14.3 Å². The molecule has 0 aromatic heterocycles. The minimum Gasteiger partial charge on any atom is -0.492 e. The van der Waals surface area contributed by atoms with Gasteiger partial charge in [-0.15, -0.1) is 0 Å². The van der Waals surface area contributed by atoms with Crippen molar-refractivity contribution in [1.82, 2.24) is 10.2 Å². The van der Waals surface area contributed by atoms with Gasteiger partial charge >= 0.3 is 6.03 Å². The lowest BCUT2D eigenvalue weighted by Gasteiger charge is -2.32. The van der Waals surface area contributed by atoms with E-state index in [0.717, 1.165) is 29.7 Å². The summed E-state index contributed by atoms with van der Waals surface area (Å²) >= 11 is 0. The third-order valence-corrected chi connectivity index (χ3v) is 5.50. The van der Waals surface area contributed by atoms with E-state index in [9.17, 15) is 9.59 Å². The predicted octanol–water partition coefficient (Wildman–Crippen LogP) is 4.28. The van der Waals surface area contributed by atoms with Crippen LogP contribution in [0.4, 0.5) is 10.5 Å². The molecule has 0 spiro atoms. The van der Waals surface area contributed by atoms with Crippen LogP contribution in [0.3, 0.4) is 0 Å². The summed E-state index contributed by atoms with van der Waals surface area (Å²) in [4.78, 5) is 26.8. The van der Waals surface area contributed by atoms with Crippen LogP contribution in [-0.4, -0.2) is 43.1 Å². The molecule has 3 aromatic rings. The maximum Gasteiger partial charge on any atom is 0.321 e. The average molecular weight is 418 g/mol. The van der Waals surface area contributed by atoms with E-state index >= 15 is 0 Å². The molecule has 1 aliphatic heterocycles. The van der Waals surface area contributed by atoms with Crippen LogP contribution in [0, 0.1) is 5.92 Å². The molecule has 31 heavy (non-hydrogen) atoms. The highest BCUT2D eigenvalue weighted by atomic mass is 16.5. The number of hydrogen-bond acceptors (Lipinski definition) is 3. The lowest BCUT2D eigenvalue weighted by Crippen LogP contribution is -2.47. The van der Waals surface area contributed by atoms with Gasteiger partial charge in [-0.2, -0.15) is 0 Å². The fourth-order valence-corrected chi connectivity index (χ4v) is 3.84. The van der Waals surface area contributed by atoms with Crippen LogP contribution in [0.1, 0.15) is 12.8 Å². The van der Waals surface area contributed by atoms with Gasteiger partial charge in [0.1, 0.15) is 12.4 Å². The zero-order valence-electron chi connectivity index (χ0n) is 17.4. The van der Waals surface area contributed by atoms with E-state index in [0.29, 0.717) is 26.2 Å². The van der Waals surface area contributed by atoms with Gasteiger partial charge < -0.3 is 20.3 Å². The normalized spacial score (nSPS) is 16.0. The van der Waals surface area contributed by atoms with E-state index in [4.69, 9.17) is 4.74 Å². The third-order valence-electron chi connectivity index (χ3n) is 5.50. The molecule has 160 valence electrons. The van der Waals surface area contributed by atoms with E-state index < -0.39 is 0 Å². The van der Waals surface area contributed by atoms with Crippen LogP contribution in [0.25, 0.3) is 10.8 Å². The van der Waals surface area contributed by atoms with Crippen molar-refractivity contribution in [3.05, 3.63) is 72.8 Å². The van der Waals surface area contributed by atoms with Gasteiger partial charge in [-0.05, 0) is 47.9 Å². The van der Waals surface area contributed by atoms with Crippen LogP contribution >= 0.6 is 0 Å². The highest BCUT2D eigenvalue weighted by Crippen LogP contribution is 2.21. The Hall–Kier alpha value is -3.54. The molecular weight excluding hydrogens is 390 g/mol. The molecule has 0 radical (unpaired) electrons. The van der Waals surface area contributed by atoms with Crippen molar-refractivity contribution in [2.75, 3.05) is 31.6 Å². The number of carbonyl (C=O) groups is 2. The Morgan fingerprint density at radius 3 is 2.58 bits per heavy atom. The molecule has 1 saturated heterocycles. The summed E-state index contributed by atoms with van der Waals surface area (Å²) in [5, 5.41) is 8.13. The average Bonchev–Trinajstić information content (AvgIpc) is 2.82. The summed E-state index contributed by atoms with van der Waals surface area (Å²) in [6.07, 6.45) is 1.60. The minimum absolute atomic E-state index is 0.0284. The molecule has 1 fully saturated rings. The zero-order valence-corrected chi connectivity index (χ0v) is 17.4. The summed E-state index contributed by atoms with van der Waals surface area (Å²) in [5.74, 6) is 0.560. The Bertz CT molecular complexity index is 1040. The standard InChI is InChI=1S/C25H27N3O3/c29-24(26-14-16-31-23-13-12-19-7-4-5-8-20(19)17-23)21-9-6-15-28(18-21)25(30)27-22-10-2-1-3-11-22/h1-5,7-8,10-13,17,21H,6,9,14-16,18H2,(H,26,29)(H,27,30)/t21-/m0/s1. The number of piperidine rings is 1. The molecule has 1 heterocycles. The van der Waals surface area contributed by atoms with E-state index in [-0.39, 0.29) is 17.9 Å². The highest BCUT2D eigenvalue weighted by Gasteiger charge is 2.28. The Kier molecular flexibility index (Phi) is 6.67. The first-order valence-electron chi connectivity index (χ1n) is 10.7. The second-order valence-electron chi connectivity index (χ2n) is 7.73. The van der Waals surface area contributed by atoms with Crippen molar-refractivity contribution in [3.8, 4) is 5.75 Å². The molecule has 6 nitrogen and oxygen atoms in total. The number of hydrogen-bond donors (Lipinski definition) is 2. The molecule has 1 atom stereocenters. The quantitative estimate of drug-likeness (QED) is 0.588. The number of rotatable bonds is 6. The Labute approximate surface area is 182 Å². The van der Waals surface area contributed by atoms with Crippen molar-refractivity contribution in [3.63, 3.8) is 0 Å². The maximum absolute atomic E-state index is 12.6. The van der Waals surface area contributed by atoms with Crippen LogP contribution in [0.15, 0.2) is 72.8 Å². The number of nitrogens with zero attached hydrogens (tertiary/aromatic N) is 1. The van der Waals surface area contributed by atoms with E-state index in [2.05, 4.69) is 16.7 Å². The first kappa shape index (κ1) is 20.7. The van der Waals surface area contributed by atoms with E-state index in [1.807, 2.05) is 66.7 Å². The molecule has 1 aliphatic rings. The number of fused-ring (bicyclic) bond motifs is 1. The Balaban J connectivity index is 1.22. The molecule has 2 N–H and O–H groups in total. The second-order valence-corrected chi connectivity index (χ2v) is 7.73. The van der Waals surface area contributed by atoms with Gasteiger partial charge in [0.05, 0.1) is 12.5 Å². The molecular formula is C25H27N3O3. The number of carbonyl (C=O) groups excluding carboxylic acids is 2. The summed E-state index contributed by atoms with van der Waals surface area (Å²) in [6, 6.07) is 23.3. The van der Waals surface area contributed by atoms with E-state index in [1.54, 1.807) is 4.90 Å². The molecule has 6 heteroatoms. The van der Waals surface area contributed by atoms with Crippen molar-refractivity contribution in [2.24, 2.45) is 5.92 Å². The lowest BCUT2D eigenvalue weighted by molar-refractivity contribution is -0.126. The fraction of sp³-hybridized carbons (Fsp3) is 0.280. The van der Waals surface area contributed by atoms with Gasteiger partial charge in [-0.1, -0.05) is 48.5 Å². The van der Waals surface area contributed by atoms with E-state index in [1.165, 1.54) is 5.39 Å². The van der Waals surface area contributed by atoms with Crippen LogP contribution in [0.2, 0.25) is 0 Å². The monoisotopic (exact) mass is 417 g/mol. The summed E-state index contributed by atoms with van der Waals surface area (Å²) in [7, 11) is 0. The number of amides is 3. The smallest absolute Gasteiger partial charge is 0.321 e. The molecule has 3 amide bonds. The first-order valence-corrected chi connectivity index (χ1v) is 10.7. The van der Waals surface area contributed by atoms with Gasteiger partial charge in [-0.25, -0.2) is 4.79 Å². The minimum atomic E-state index is -0.198. The third kappa shape index (κ3) is 5.54. The predicted molar refractivity (Wildman–Crippen MR) is 122 cm³/mol. The first-order chi connectivity index (χ1) is 15.2. The molecule has 0 saturated carbocycles. The molecule has 0 bridgehead atoms. The second kappa shape index (κ2) is 9.98. The maximum atomic E-state index is 12.6. The van der Waals surface area contributed by atoms with Gasteiger partial charge in [0, 0.05) is 18.8 Å². The van der Waals surface area contributed by atoms with Gasteiger partial charge in [-0.3, -0.25) is 4.79 Å². The molecule has 4 rings (SSSR count). The Morgan fingerprint density at radius 1 is 0.968 bits per heavy atom. The number of anilines is 1. The number of likely N-dealkylation sites (tertiary alicyclic amines) is 1. The molecule has 0 aliphatic carbocycles. The SMILES string of the molecule is O=C(NCCOc1ccc2ccccc2c1)[C@H]1CCCN(C(=O)Nc2ccccc2)C1. The molecule has 0 unspecified atom stereocenters. The zero-order chi connectivity index (χ0) is 21.5. The van der Waals surface area contributed by atoms with Crippen molar-refractivity contribution in [1.29, 1.82) is 0 Å². The van der Waals surface area contributed by atoms with Crippen molar-refractivity contribution >= 4 is 28.4 Å². The van der Waals surface area contributed by atoms with Gasteiger partial charge in [0.15, 0.2) is 0 Å². The van der Waals surface area contributed by atoms with Gasteiger partial charge in [0.2, 0.25) is 5.91 Å². The number of nitrogens with one attached hydrogen (secondary N) is 2. The highest BCUT2D eigenvalue weighted by molar-refractivity contribution is 5.90. The van der Waals surface area contributed by atoms with Crippen LogP contribution in [0.5, 0.6) is 5.75 Å². The number of urea groups is 1. The molecule has 3 aromatic carbocycles. The number of benzene rings is 3. The van der Waals surface area contributed by atoms with Crippen molar-refractivity contribution in [2.45, 2.75) is 12.8 Å². The van der Waals surface area contributed by atoms with Crippen LogP contribution < -0.4 is 15.4 Å². The number of para-hydroxylation sites is 1. The topological polar surface area (TPSA) is 70.7 Å². The lowest BCUT2D eigenvalue weighted by atomic mass is 9.97. The fourth-order valence-electron chi connectivity index (χ4n) is 3.84.